The molecule has 1 atom stereocenters. The van der Waals surface area contributed by atoms with Crippen molar-refractivity contribution in [3.63, 3.8) is 0 Å². The second kappa shape index (κ2) is 7.69. The maximum Gasteiger partial charge on any atom is 0.313 e. The zero-order valence-electron chi connectivity index (χ0n) is 11.7. The third-order valence-electron chi connectivity index (χ3n) is 3.28. The van der Waals surface area contributed by atoms with Gasteiger partial charge in [-0.1, -0.05) is 11.6 Å². The maximum absolute atomic E-state index is 13.5. The first-order valence-corrected chi connectivity index (χ1v) is 8.28. The number of halogens is 2. The van der Waals surface area contributed by atoms with Crippen LogP contribution in [0.5, 0.6) is 0 Å². The van der Waals surface area contributed by atoms with E-state index in [1.54, 1.807) is 6.07 Å². The van der Waals surface area contributed by atoms with Crippen molar-refractivity contribution in [2.75, 3.05) is 29.5 Å². The molecule has 120 valence electrons. The molecule has 1 unspecified atom stereocenters. The number of amides is 1. The molecule has 0 aromatic heterocycles. The number of benzene rings is 1. The Kier molecular flexibility index (Phi) is 5.90. The molecule has 0 bridgehead atoms. The van der Waals surface area contributed by atoms with E-state index in [4.69, 9.17) is 16.7 Å². The second-order valence-electron chi connectivity index (χ2n) is 4.98. The van der Waals surface area contributed by atoms with Gasteiger partial charge in [0.15, 0.2) is 0 Å². The third kappa shape index (κ3) is 4.78. The molecule has 0 spiro atoms. The fourth-order valence-electron chi connectivity index (χ4n) is 2.29. The Morgan fingerprint density at radius 1 is 1.45 bits per heavy atom. The van der Waals surface area contributed by atoms with Gasteiger partial charge in [-0.25, -0.2) is 4.39 Å². The van der Waals surface area contributed by atoms with Crippen LogP contribution in [-0.4, -0.2) is 47.6 Å². The minimum atomic E-state index is -0.936. The number of thioether (sulfide) groups is 1. The van der Waals surface area contributed by atoms with Crippen LogP contribution in [0.2, 0.25) is 5.02 Å². The molecule has 2 N–H and O–H groups in total. The number of hydrogen-bond donors (Lipinski definition) is 2. The maximum atomic E-state index is 13.5. The molecular formula is C14H16ClFN2O3S. The van der Waals surface area contributed by atoms with Crippen molar-refractivity contribution < 1.29 is 19.1 Å². The van der Waals surface area contributed by atoms with Crippen molar-refractivity contribution in [1.29, 1.82) is 0 Å². The number of carbonyl (C=O) groups excluding carboxylic acids is 1. The smallest absolute Gasteiger partial charge is 0.313 e. The largest absolute Gasteiger partial charge is 0.481 e. The summed E-state index contributed by atoms with van der Waals surface area (Å²) < 4.78 is 13.5. The van der Waals surface area contributed by atoms with E-state index < -0.39 is 11.8 Å². The van der Waals surface area contributed by atoms with Gasteiger partial charge in [-0.05, 0) is 24.6 Å². The molecule has 1 aliphatic heterocycles. The van der Waals surface area contributed by atoms with Gasteiger partial charge in [-0.2, -0.15) is 0 Å². The predicted octanol–water partition coefficient (Wildman–Crippen LogP) is 1.99. The average molecular weight is 347 g/mol. The Hall–Kier alpha value is -1.47. The summed E-state index contributed by atoms with van der Waals surface area (Å²) in [5, 5.41) is 11.5. The number of hydrogen-bond acceptors (Lipinski definition) is 4. The zero-order chi connectivity index (χ0) is 16.1. The minimum absolute atomic E-state index is 0.0170. The van der Waals surface area contributed by atoms with E-state index in [9.17, 15) is 14.0 Å². The summed E-state index contributed by atoms with van der Waals surface area (Å²) in [6.45, 7) is 1.31. The number of carboxylic acid groups (broad SMARTS) is 1. The highest BCUT2D eigenvalue weighted by Crippen LogP contribution is 2.25. The van der Waals surface area contributed by atoms with E-state index in [-0.39, 0.29) is 28.5 Å². The van der Waals surface area contributed by atoms with E-state index in [1.807, 2.05) is 4.90 Å². The lowest BCUT2D eigenvalue weighted by Crippen LogP contribution is -2.38. The Morgan fingerprint density at radius 2 is 2.23 bits per heavy atom. The monoisotopic (exact) mass is 346 g/mol. The molecule has 0 saturated carbocycles. The quantitative estimate of drug-likeness (QED) is 0.824. The van der Waals surface area contributed by atoms with Crippen LogP contribution in [0, 0.1) is 5.82 Å². The van der Waals surface area contributed by atoms with E-state index in [2.05, 4.69) is 5.32 Å². The van der Waals surface area contributed by atoms with E-state index in [0.717, 1.165) is 23.9 Å². The molecule has 1 aromatic rings. The molecule has 5 nitrogen and oxygen atoms in total. The summed E-state index contributed by atoms with van der Waals surface area (Å²) in [4.78, 5) is 24.1. The molecule has 22 heavy (non-hydrogen) atoms. The Morgan fingerprint density at radius 3 is 2.91 bits per heavy atom. The number of aliphatic carboxylic acids is 1. The summed E-state index contributed by atoms with van der Waals surface area (Å²) in [6, 6.07) is 4.63. The van der Waals surface area contributed by atoms with Gasteiger partial charge >= 0.3 is 5.97 Å². The molecule has 1 fully saturated rings. The van der Waals surface area contributed by atoms with Crippen molar-refractivity contribution in [3.8, 4) is 0 Å². The lowest BCUT2D eigenvalue weighted by Gasteiger charge is -2.19. The summed E-state index contributed by atoms with van der Waals surface area (Å²) in [5.41, 5.74) is 0.735. The summed E-state index contributed by atoms with van der Waals surface area (Å²) in [6.07, 6.45) is 0.763. The van der Waals surface area contributed by atoms with Crippen LogP contribution in [0.4, 0.5) is 10.1 Å². The van der Waals surface area contributed by atoms with Crippen molar-refractivity contribution in [2.45, 2.75) is 12.5 Å². The van der Waals surface area contributed by atoms with Crippen LogP contribution in [0.3, 0.4) is 0 Å². The van der Waals surface area contributed by atoms with Crippen molar-refractivity contribution in [2.24, 2.45) is 0 Å². The van der Waals surface area contributed by atoms with Gasteiger partial charge < -0.3 is 15.3 Å². The average Bonchev–Trinajstić information content (AvgIpc) is 2.90. The van der Waals surface area contributed by atoms with Crippen molar-refractivity contribution >= 4 is 40.9 Å². The predicted molar refractivity (Wildman–Crippen MR) is 85.1 cm³/mol. The van der Waals surface area contributed by atoms with Crippen LogP contribution in [-0.2, 0) is 9.59 Å². The van der Waals surface area contributed by atoms with E-state index >= 15 is 0 Å². The fourth-order valence-corrected chi connectivity index (χ4v) is 2.96. The van der Waals surface area contributed by atoms with Gasteiger partial charge in [0.2, 0.25) is 5.91 Å². The highest BCUT2D eigenvalue weighted by atomic mass is 35.5. The lowest BCUT2D eigenvalue weighted by molar-refractivity contribution is -0.133. The number of carboxylic acids is 1. The first-order valence-electron chi connectivity index (χ1n) is 6.74. The Labute approximate surface area is 136 Å². The topological polar surface area (TPSA) is 69.6 Å². The fraction of sp³-hybridized carbons (Fsp3) is 0.429. The van der Waals surface area contributed by atoms with Crippen molar-refractivity contribution in [3.05, 3.63) is 29.0 Å². The van der Waals surface area contributed by atoms with Crippen LogP contribution in [0.25, 0.3) is 0 Å². The summed E-state index contributed by atoms with van der Waals surface area (Å²) in [7, 11) is 0. The van der Waals surface area contributed by atoms with Gasteiger partial charge in [0.05, 0.1) is 16.5 Å². The highest BCUT2D eigenvalue weighted by molar-refractivity contribution is 8.00. The van der Waals surface area contributed by atoms with E-state index in [0.29, 0.717) is 13.1 Å². The molecule has 1 aliphatic rings. The molecule has 8 heteroatoms. The number of nitrogens with zero attached hydrogens (tertiary/aromatic N) is 1. The number of nitrogens with one attached hydrogen (secondary N) is 1. The second-order valence-corrected chi connectivity index (χ2v) is 6.38. The van der Waals surface area contributed by atoms with Crippen molar-refractivity contribution in [1.82, 2.24) is 5.32 Å². The molecular weight excluding hydrogens is 331 g/mol. The van der Waals surface area contributed by atoms with Gasteiger partial charge in [0.1, 0.15) is 5.82 Å². The van der Waals surface area contributed by atoms with Gasteiger partial charge in [-0.15, -0.1) is 11.8 Å². The Bertz CT molecular complexity index is 573. The lowest BCUT2D eigenvalue weighted by atomic mass is 10.2. The highest BCUT2D eigenvalue weighted by Gasteiger charge is 2.24. The zero-order valence-corrected chi connectivity index (χ0v) is 13.3. The summed E-state index contributed by atoms with van der Waals surface area (Å²) >= 11 is 6.73. The molecule has 1 heterocycles. The molecule has 0 radical (unpaired) electrons. The first-order chi connectivity index (χ1) is 10.5. The summed E-state index contributed by atoms with van der Waals surface area (Å²) in [5.74, 6) is -1.54. The van der Waals surface area contributed by atoms with Crippen LogP contribution in [0.15, 0.2) is 18.2 Å². The number of carbonyl (C=O) groups is 2. The molecule has 1 saturated heterocycles. The molecule has 1 amide bonds. The van der Waals surface area contributed by atoms with Crippen LogP contribution < -0.4 is 10.2 Å². The van der Waals surface area contributed by atoms with Crippen LogP contribution >= 0.6 is 23.4 Å². The molecule has 1 aromatic carbocycles. The van der Waals surface area contributed by atoms with Gasteiger partial charge in [-0.3, -0.25) is 9.59 Å². The van der Waals surface area contributed by atoms with Crippen LogP contribution in [0.1, 0.15) is 6.42 Å². The Balaban J connectivity index is 1.81. The van der Waals surface area contributed by atoms with Gasteiger partial charge in [0.25, 0.3) is 0 Å². The molecule has 2 rings (SSSR count). The minimum Gasteiger partial charge on any atom is -0.481 e. The standard InChI is InChI=1S/C14H16ClFN2O3S/c15-11-2-1-10(5-12(11)16)18-4-3-9(6-18)17-13(19)7-22-8-14(20)21/h1-2,5,9H,3-4,6-8H2,(H,17,19)(H,20,21). The first kappa shape index (κ1) is 16.9. The molecule has 0 aliphatic carbocycles. The normalized spacial score (nSPS) is 17.5. The van der Waals surface area contributed by atoms with Gasteiger partial charge in [0, 0.05) is 24.8 Å². The third-order valence-corrected chi connectivity index (χ3v) is 4.50. The van der Waals surface area contributed by atoms with E-state index in [1.165, 1.54) is 12.1 Å². The number of rotatable bonds is 6. The SMILES string of the molecule is O=C(O)CSCC(=O)NC1CCN(c2ccc(Cl)c(F)c2)C1. The number of anilines is 1.